The van der Waals surface area contributed by atoms with E-state index in [-0.39, 0.29) is 17.5 Å². The molecule has 2 aromatic carbocycles. The van der Waals surface area contributed by atoms with Gasteiger partial charge in [0.25, 0.3) is 5.91 Å². The number of rotatable bonds is 7. The van der Waals surface area contributed by atoms with Crippen LogP contribution in [0.25, 0.3) is 0 Å². The molecule has 1 heterocycles. The molecule has 1 atom stereocenters. The molecule has 3 aromatic rings. The maximum atomic E-state index is 12.8. The number of carbonyl (C=O) groups excluding carboxylic acids is 3. The van der Waals surface area contributed by atoms with Crippen LogP contribution < -0.4 is 10.6 Å². The molecule has 0 aliphatic rings. The topological polar surface area (TPSA) is 88.4 Å². The van der Waals surface area contributed by atoms with Crippen LogP contribution >= 0.6 is 0 Å². The standard InChI is InChI=1S/C22H20N2O4/c1-15(25)17-9-11-18(12-10-17)23-21(26)19(14-16-6-3-2-4-7-16)24-22(27)20-8-5-13-28-20/h2-13,19H,14H2,1H3,(H,23,26)(H,24,27). The van der Waals surface area contributed by atoms with Crippen molar-refractivity contribution in [3.8, 4) is 0 Å². The molecule has 0 spiro atoms. The lowest BCUT2D eigenvalue weighted by Gasteiger charge is -2.18. The summed E-state index contributed by atoms with van der Waals surface area (Å²) in [5, 5.41) is 5.50. The van der Waals surface area contributed by atoms with Gasteiger partial charge in [-0.25, -0.2) is 0 Å². The molecule has 0 saturated carbocycles. The van der Waals surface area contributed by atoms with Gasteiger partial charge in [0, 0.05) is 17.7 Å². The van der Waals surface area contributed by atoms with Crippen molar-refractivity contribution in [1.82, 2.24) is 5.32 Å². The molecule has 0 fully saturated rings. The van der Waals surface area contributed by atoms with Gasteiger partial charge >= 0.3 is 0 Å². The zero-order valence-electron chi connectivity index (χ0n) is 15.3. The van der Waals surface area contributed by atoms with Crippen LogP contribution in [-0.2, 0) is 11.2 Å². The first kappa shape index (κ1) is 19.1. The Morgan fingerprint density at radius 3 is 2.25 bits per heavy atom. The number of carbonyl (C=O) groups is 3. The maximum absolute atomic E-state index is 12.8. The van der Waals surface area contributed by atoms with Crippen LogP contribution in [0.4, 0.5) is 5.69 Å². The summed E-state index contributed by atoms with van der Waals surface area (Å²) < 4.78 is 5.10. The molecule has 1 aromatic heterocycles. The first-order valence-electron chi connectivity index (χ1n) is 8.83. The minimum atomic E-state index is -0.799. The van der Waals surface area contributed by atoms with E-state index in [0.29, 0.717) is 17.7 Å². The van der Waals surface area contributed by atoms with Gasteiger partial charge in [-0.15, -0.1) is 0 Å². The van der Waals surface area contributed by atoms with E-state index in [1.54, 1.807) is 30.3 Å². The van der Waals surface area contributed by atoms with E-state index >= 15 is 0 Å². The van der Waals surface area contributed by atoms with Gasteiger partial charge < -0.3 is 15.1 Å². The van der Waals surface area contributed by atoms with Crippen LogP contribution in [0.1, 0.15) is 33.4 Å². The van der Waals surface area contributed by atoms with Crippen LogP contribution in [0.5, 0.6) is 0 Å². The third kappa shape index (κ3) is 4.94. The zero-order valence-corrected chi connectivity index (χ0v) is 15.3. The van der Waals surface area contributed by atoms with Crippen LogP contribution in [0.15, 0.2) is 77.4 Å². The summed E-state index contributed by atoms with van der Waals surface area (Å²) in [5.74, 6) is -0.741. The second kappa shape index (κ2) is 8.81. The van der Waals surface area contributed by atoms with Gasteiger partial charge in [0.05, 0.1) is 6.26 Å². The number of ketones is 1. The van der Waals surface area contributed by atoms with Crippen molar-refractivity contribution < 1.29 is 18.8 Å². The lowest BCUT2D eigenvalue weighted by atomic mass is 10.0. The monoisotopic (exact) mass is 376 g/mol. The van der Waals surface area contributed by atoms with E-state index in [2.05, 4.69) is 10.6 Å². The highest BCUT2D eigenvalue weighted by molar-refractivity contribution is 6.00. The number of furan rings is 1. The third-order valence-electron chi connectivity index (χ3n) is 4.21. The van der Waals surface area contributed by atoms with Crippen molar-refractivity contribution >= 4 is 23.3 Å². The Labute approximate surface area is 162 Å². The van der Waals surface area contributed by atoms with Crippen molar-refractivity contribution in [2.75, 3.05) is 5.32 Å². The Morgan fingerprint density at radius 2 is 1.64 bits per heavy atom. The second-order valence-electron chi connectivity index (χ2n) is 6.32. The van der Waals surface area contributed by atoms with Crippen LogP contribution in [0.3, 0.4) is 0 Å². The average molecular weight is 376 g/mol. The predicted octanol–water partition coefficient (Wildman–Crippen LogP) is 3.46. The fourth-order valence-corrected chi connectivity index (χ4v) is 2.71. The summed E-state index contributed by atoms with van der Waals surface area (Å²) in [5.41, 5.74) is 2.01. The van der Waals surface area contributed by atoms with Crippen LogP contribution in [0, 0.1) is 0 Å². The van der Waals surface area contributed by atoms with E-state index in [1.165, 1.54) is 19.3 Å². The Bertz CT molecular complexity index is 948. The summed E-state index contributed by atoms with van der Waals surface area (Å²) in [4.78, 5) is 36.6. The number of hydrogen-bond acceptors (Lipinski definition) is 4. The largest absolute Gasteiger partial charge is 0.459 e. The fourth-order valence-electron chi connectivity index (χ4n) is 2.71. The highest BCUT2D eigenvalue weighted by Gasteiger charge is 2.23. The quantitative estimate of drug-likeness (QED) is 0.618. The zero-order chi connectivity index (χ0) is 19.9. The Balaban J connectivity index is 1.75. The van der Waals surface area contributed by atoms with E-state index < -0.39 is 11.9 Å². The summed E-state index contributed by atoms with van der Waals surface area (Å²) in [6, 6.07) is 18.4. The summed E-state index contributed by atoms with van der Waals surface area (Å²) in [6.45, 7) is 1.48. The highest BCUT2D eigenvalue weighted by atomic mass is 16.3. The summed E-state index contributed by atoms with van der Waals surface area (Å²) >= 11 is 0. The van der Waals surface area contributed by atoms with Gasteiger partial charge in [0.2, 0.25) is 5.91 Å². The van der Waals surface area contributed by atoms with E-state index in [0.717, 1.165) is 5.56 Å². The van der Waals surface area contributed by atoms with Crippen molar-refractivity contribution in [2.24, 2.45) is 0 Å². The number of anilines is 1. The molecule has 0 aliphatic carbocycles. The Hall–Kier alpha value is -3.67. The van der Waals surface area contributed by atoms with E-state index in [9.17, 15) is 14.4 Å². The smallest absolute Gasteiger partial charge is 0.287 e. The van der Waals surface area contributed by atoms with Gasteiger partial charge in [-0.05, 0) is 48.9 Å². The van der Waals surface area contributed by atoms with Crippen molar-refractivity contribution in [1.29, 1.82) is 0 Å². The van der Waals surface area contributed by atoms with Gasteiger partial charge in [-0.1, -0.05) is 30.3 Å². The Kier molecular flexibility index (Phi) is 6.01. The normalized spacial score (nSPS) is 11.5. The minimum absolute atomic E-state index is 0.0504. The summed E-state index contributed by atoms with van der Waals surface area (Å²) in [6.07, 6.45) is 1.72. The van der Waals surface area contributed by atoms with Gasteiger partial charge in [0.15, 0.2) is 11.5 Å². The predicted molar refractivity (Wildman–Crippen MR) is 105 cm³/mol. The second-order valence-corrected chi connectivity index (χ2v) is 6.32. The molecule has 2 N–H and O–H groups in total. The highest BCUT2D eigenvalue weighted by Crippen LogP contribution is 2.12. The molecular formula is C22H20N2O4. The molecule has 1 unspecified atom stereocenters. The lowest BCUT2D eigenvalue weighted by Crippen LogP contribution is -2.45. The number of nitrogens with one attached hydrogen (secondary N) is 2. The summed E-state index contributed by atoms with van der Waals surface area (Å²) in [7, 11) is 0. The fraction of sp³-hybridized carbons (Fsp3) is 0.136. The Morgan fingerprint density at radius 1 is 0.929 bits per heavy atom. The van der Waals surface area contributed by atoms with Crippen molar-refractivity contribution in [3.63, 3.8) is 0 Å². The molecule has 142 valence electrons. The minimum Gasteiger partial charge on any atom is -0.459 e. The van der Waals surface area contributed by atoms with E-state index in [1.807, 2.05) is 30.3 Å². The molecule has 6 nitrogen and oxygen atoms in total. The molecule has 0 aliphatic heterocycles. The van der Waals surface area contributed by atoms with Crippen molar-refractivity contribution in [2.45, 2.75) is 19.4 Å². The van der Waals surface area contributed by atoms with E-state index in [4.69, 9.17) is 4.42 Å². The number of hydrogen-bond donors (Lipinski definition) is 2. The van der Waals surface area contributed by atoms with Gasteiger partial charge in [-0.2, -0.15) is 0 Å². The molecule has 6 heteroatoms. The third-order valence-corrected chi connectivity index (χ3v) is 4.21. The molecule has 2 amide bonds. The van der Waals surface area contributed by atoms with Crippen molar-refractivity contribution in [3.05, 3.63) is 89.9 Å². The number of Topliss-reactive ketones (excluding diaryl/α,β-unsaturated/α-hetero) is 1. The first-order chi connectivity index (χ1) is 13.5. The molecule has 28 heavy (non-hydrogen) atoms. The lowest BCUT2D eigenvalue weighted by molar-refractivity contribution is -0.118. The number of benzene rings is 2. The molecular weight excluding hydrogens is 356 g/mol. The first-order valence-corrected chi connectivity index (χ1v) is 8.83. The van der Waals surface area contributed by atoms with Crippen LogP contribution in [0.2, 0.25) is 0 Å². The average Bonchev–Trinajstić information content (AvgIpc) is 3.23. The molecule has 3 rings (SSSR count). The number of amides is 2. The molecule has 0 bridgehead atoms. The SMILES string of the molecule is CC(=O)c1ccc(NC(=O)C(Cc2ccccc2)NC(=O)c2ccco2)cc1. The van der Waals surface area contributed by atoms with Gasteiger partial charge in [-0.3, -0.25) is 14.4 Å². The van der Waals surface area contributed by atoms with Crippen LogP contribution in [-0.4, -0.2) is 23.6 Å². The van der Waals surface area contributed by atoms with Gasteiger partial charge in [0.1, 0.15) is 6.04 Å². The molecule has 0 radical (unpaired) electrons. The molecule has 0 saturated heterocycles. The maximum Gasteiger partial charge on any atom is 0.287 e.